The number of aryl methyl sites for hydroxylation is 1. The van der Waals surface area contributed by atoms with E-state index in [2.05, 4.69) is 4.98 Å². The fourth-order valence-corrected chi connectivity index (χ4v) is 3.84. The van der Waals surface area contributed by atoms with Gasteiger partial charge in [0.15, 0.2) is 5.78 Å². The van der Waals surface area contributed by atoms with E-state index >= 15 is 0 Å². The van der Waals surface area contributed by atoms with Gasteiger partial charge in [0, 0.05) is 24.1 Å². The van der Waals surface area contributed by atoms with Crippen molar-refractivity contribution in [2.24, 2.45) is 5.92 Å². The minimum Gasteiger partial charge on any atom is -0.466 e. The van der Waals surface area contributed by atoms with Gasteiger partial charge in [-0.05, 0) is 40.2 Å². The second-order valence-corrected chi connectivity index (χ2v) is 6.95. The largest absolute Gasteiger partial charge is 0.466 e. The zero-order chi connectivity index (χ0) is 18.7. The van der Waals surface area contributed by atoms with Crippen molar-refractivity contribution in [1.29, 1.82) is 0 Å². The molecule has 0 unspecified atom stereocenters. The van der Waals surface area contributed by atoms with Gasteiger partial charge in [-0.3, -0.25) is 14.4 Å². The maximum absolute atomic E-state index is 12.9. The Kier molecular flexibility index (Phi) is 6.16. The molecule has 25 heavy (non-hydrogen) atoms. The molecule has 0 saturated carbocycles. The lowest BCUT2D eigenvalue weighted by atomic mass is 9.94. The molecule has 2 N–H and O–H groups in total. The molecular weight excluding hydrogens is 320 g/mol. The highest BCUT2D eigenvalue weighted by molar-refractivity contribution is 6.04. The van der Waals surface area contributed by atoms with Gasteiger partial charge in [0.25, 0.3) is 0 Å². The molecule has 1 saturated heterocycles. The number of rotatable bonds is 6. The molecule has 2 heterocycles. The van der Waals surface area contributed by atoms with Crippen LogP contribution in [-0.4, -0.2) is 48.3 Å². The number of piperidine rings is 1. The Labute approximate surface area is 148 Å². The van der Waals surface area contributed by atoms with Gasteiger partial charge in [-0.15, -0.1) is 0 Å². The van der Waals surface area contributed by atoms with Gasteiger partial charge in [0.05, 0.1) is 31.3 Å². The van der Waals surface area contributed by atoms with E-state index in [9.17, 15) is 14.4 Å². The topological polar surface area (TPSA) is 80.7 Å². The molecular formula is C19H29N2O4+. The third-order valence-corrected chi connectivity index (χ3v) is 5.29. The molecule has 6 nitrogen and oxygen atoms in total. The van der Waals surface area contributed by atoms with Crippen LogP contribution in [0.3, 0.4) is 0 Å². The fourth-order valence-electron chi connectivity index (χ4n) is 3.84. The second-order valence-electron chi connectivity index (χ2n) is 6.95. The van der Waals surface area contributed by atoms with Crippen LogP contribution in [0.1, 0.15) is 65.7 Å². The minimum absolute atomic E-state index is 0.0256. The lowest BCUT2D eigenvalue weighted by molar-refractivity contribution is -0.919. The maximum Gasteiger partial charge on any atom is 0.309 e. The fraction of sp³-hybridized carbons (Fsp3) is 0.632. The van der Waals surface area contributed by atoms with Crippen molar-refractivity contribution in [3.63, 3.8) is 0 Å². The average Bonchev–Trinajstić information content (AvgIpc) is 2.88. The number of ketones is 2. The first-order chi connectivity index (χ1) is 11.8. The monoisotopic (exact) mass is 349 g/mol. The Morgan fingerprint density at radius 1 is 1.24 bits per heavy atom. The Morgan fingerprint density at radius 3 is 2.32 bits per heavy atom. The Bertz CT molecular complexity index is 669. The molecule has 0 radical (unpaired) electrons. The first-order valence-corrected chi connectivity index (χ1v) is 9.03. The normalized spacial score (nSPS) is 21.6. The molecule has 0 spiro atoms. The van der Waals surface area contributed by atoms with Crippen LogP contribution in [-0.2, 0) is 9.53 Å². The van der Waals surface area contributed by atoms with E-state index in [1.54, 1.807) is 0 Å². The highest BCUT2D eigenvalue weighted by Gasteiger charge is 2.35. The number of hydrogen-bond acceptors (Lipinski definition) is 4. The van der Waals surface area contributed by atoms with E-state index in [0.29, 0.717) is 17.9 Å². The molecule has 1 aliphatic rings. The van der Waals surface area contributed by atoms with Gasteiger partial charge < -0.3 is 14.6 Å². The molecule has 0 bridgehead atoms. The minimum atomic E-state index is -0.209. The lowest BCUT2D eigenvalue weighted by Gasteiger charge is -2.31. The van der Waals surface area contributed by atoms with Crippen LogP contribution in [0.25, 0.3) is 0 Å². The number of hydrogen-bond donors (Lipinski definition) is 2. The smallest absolute Gasteiger partial charge is 0.309 e. The van der Waals surface area contributed by atoms with Gasteiger partial charge in [0.1, 0.15) is 6.04 Å². The van der Waals surface area contributed by atoms with Gasteiger partial charge in [-0.25, -0.2) is 0 Å². The molecule has 138 valence electrons. The molecule has 6 heteroatoms. The standard InChI is InChI=1S/C19H28N2O4/c1-6-25-19(24)15-7-9-21(10-8-15)13(4)18(23)17-11(2)16(14(5)22)12(3)20-17/h13,15,20H,6-10H2,1-5H3/p+1/t13-/m1/s1. The molecule has 0 amide bonds. The quantitative estimate of drug-likeness (QED) is 0.599. The average molecular weight is 349 g/mol. The first-order valence-electron chi connectivity index (χ1n) is 9.03. The summed E-state index contributed by atoms with van der Waals surface area (Å²) in [6, 6.07) is -0.209. The molecule has 1 fully saturated rings. The van der Waals surface area contributed by atoms with E-state index in [0.717, 1.165) is 37.2 Å². The van der Waals surface area contributed by atoms with E-state index in [1.165, 1.54) is 11.8 Å². The van der Waals surface area contributed by atoms with Gasteiger partial charge >= 0.3 is 5.97 Å². The summed E-state index contributed by atoms with van der Waals surface area (Å²) < 4.78 is 5.10. The Hall–Kier alpha value is -1.95. The number of ether oxygens (including phenoxy) is 1. The van der Waals surface area contributed by atoms with Crippen molar-refractivity contribution in [2.75, 3.05) is 19.7 Å². The highest BCUT2D eigenvalue weighted by atomic mass is 16.5. The van der Waals surface area contributed by atoms with Crippen LogP contribution in [0.2, 0.25) is 0 Å². The van der Waals surface area contributed by atoms with Crippen LogP contribution < -0.4 is 4.90 Å². The van der Waals surface area contributed by atoms with E-state index in [4.69, 9.17) is 4.74 Å². The molecule has 1 aliphatic heterocycles. The van der Waals surface area contributed by atoms with Crippen molar-refractivity contribution in [2.45, 2.75) is 53.5 Å². The summed E-state index contributed by atoms with van der Waals surface area (Å²) >= 11 is 0. The number of Topliss-reactive ketones (excluding diaryl/α,β-unsaturated/α-hetero) is 2. The molecule has 1 aromatic rings. The highest BCUT2D eigenvalue weighted by Crippen LogP contribution is 2.20. The zero-order valence-corrected chi connectivity index (χ0v) is 15.8. The number of aromatic amines is 1. The predicted octanol–water partition coefficient (Wildman–Crippen LogP) is 1.26. The molecule has 0 aliphatic carbocycles. The van der Waals surface area contributed by atoms with E-state index < -0.39 is 0 Å². The Morgan fingerprint density at radius 2 is 1.84 bits per heavy atom. The van der Waals surface area contributed by atoms with Gasteiger partial charge in [-0.2, -0.15) is 0 Å². The van der Waals surface area contributed by atoms with Crippen LogP contribution in [0, 0.1) is 19.8 Å². The Balaban J connectivity index is 2.06. The van der Waals surface area contributed by atoms with Gasteiger partial charge in [-0.1, -0.05) is 0 Å². The number of likely N-dealkylation sites (tertiary alicyclic amines) is 1. The number of esters is 1. The summed E-state index contributed by atoms with van der Waals surface area (Å²) in [5.41, 5.74) is 2.64. The number of quaternary nitrogens is 1. The summed E-state index contributed by atoms with van der Waals surface area (Å²) in [6.45, 7) is 10.9. The summed E-state index contributed by atoms with van der Waals surface area (Å²) in [6.07, 6.45) is 1.49. The molecule has 2 rings (SSSR count). The van der Waals surface area contributed by atoms with E-state index in [-0.39, 0.29) is 29.5 Å². The van der Waals surface area contributed by atoms with Crippen LogP contribution in [0.15, 0.2) is 0 Å². The van der Waals surface area contributed by atoms with Crippen molar-refractivity contribution < 1.29 is 24.0 Å². The number of nitrogens with one attached hydrogen (secondary N) is 2. The summed E-state index contributed by atoms with van der Waals surface area (Å²) in [5.74, 6) is -0.175. The first kappa shape index (κ1) is 19.4. The van der Waals surface area contributed by atoms with Crippen LogP contribution in [0.5, 0.6) is 0 Å². The summed E-state index contributed by atoms with van der Waals surface area (Å²) in [5, 5.41) is 0. The van der Waals surface area contributed by atoms with Crippen molar-refractivity contribution in [3.05, 3.63) is 22.5 Å². The summed E-state index contributed by atoms with van der Waals surface area (Å²) in [7, 11) is 0. The molecule has 0 aromatic carbocycles. The third-order valence-electron chi connectivity index (χ3n) is 5.29. The third kappa shape index (κ3) is 4.00. The van der Waals surface area contributed by atoms with Crippen molar-refractivity contribution in [3.8, 4) is 0 Å². The number of aromatic nitrogens is 1. The molecule has 1 aromatic heterocycles. The SMILES string of the molecule is CCOC(=O)C1CC[NH+]([C@H](C)C(=O)c2[nH]c(C)c(C(C)=O)c2C)CC1. The molecule has 1 atom stereocenters. The second kappa shape index (κ2) is 7.95. The lowest BCUT2D eigenvalue weighted by Crippen LogP contribution is -3.17. The van der Waals surface area contributed by atoms with E-state index in [1.807, 2.05) is 27.7 Å². The number of carbonyl (C=O) groups excluding carboxylic acids is 3. The van der Waals surface area contributed by atoms with Crippen molar-refractivity contribution in [1.82, 2.24) is 4.98 Å². The van der Waals surface area contributed by atoms with Crippen LogP contribution >= 0.6 is 0 Å². The van der Waals surface area contributed by atoms with Gasteiger partial charge in [0.2, 0.25) is 5.78 Å². The predicted molar refractivity (Wildman–Crippen MR) is 94.1 cm³/mol. The van der Waals surface area contributed by atoms with Crippen molar-refractivity contribution >= 4 is 17.5 Å². The maximum atomic E-state index is 12.9. The number of H-pyrrole nitrogens is 1. The zero-order valence-electron chi connectivity index (χ0n) is 15.8. The summed E-state index contributed by atoms with van der Waals surface area (Å²) in [4.78, 5) is 40.8. The van der Waals surface area contributed by atoms with Crippen LogP contribution in [0.4, 0.5) is 0 Å². The number of carbonyl (C=O) groups is 3.